The Balaban J connectivity index is 2.05. The monoisotopic (exact) mass is 331 g/mol. The third kappa shape index (κ3) is 3.07. The zero-order valence-electron chi connectivity index (χ0n) is 12.5. The van der Waals surface area contributed by atoms with Gasteiger partial charge in [-0.2, -0.15) is 0 Å². The van der Waals surface area contributed by atoms with Gasteiger partial charge in [-0.25, -0.2) is 13.2 Å². The summed E-state index contributed by atoms with van der Waals surface area (Å²) in [4.78, 5) is 11.8. The molecule has 0 saturated heterocycles. The van der Waals surface area contributed by atoms with Gasteiger partial charge in [0, 0.05) is 0 Å². The molecule has 5 nitrogen and oxygen atoms in total. The summed E-state index contributed by atoms with van der Waals surface area (Å²) >= 11 is 0. The molecule has 2 aromatic carbocycles. The van der Waals surface area contributed by atoms with Crippen molar-refractivity contribution in [3.05, 3.63) is 59.2 Å². The van der Waals surface area contributed by atoms with E-state index in [2.05, 4.69) is 4.72 Å². The molecule has 23 heavy (non-hydrogen) atoms. The molecular formula is C17H17NO4S. The Morgan fingerprint density at radius 3 is 2.39 bits per heavy atom. The molecule has 0 bridgehead atoms. The van der Waals surface area contributed by atoms with Crippen LogP contribution < -0.4 is 4.72 Å². The maximum Gasteiger partial charge on any atom is 0.338 e. The van der Waals surface area contributed by atoms with Crippen LogP contribution in [0, 0.1) is 0 Å². The number of sulfonamides is 1. The third-order valence-corrected chi connectivity index (χ3v) is 5.43. The number of aromatic carboxylic acids is 1. The summed E-state index contributed by atoms with van der Waals surface area (Å²) in [6.45, 7) is 0. The molecule has 0 heterocycles. The number of rotatable bonds is 4. The van der Waals surface area contributed by atoms with Crippen molar-refractivity contribution in [3.8, 4) is 0 Å². The summed E-state index contributed by atoms with van der Waals surface area (Å²) in [5.41, 5.74) is 1.94. The van der Waals surface area contributed by atoms with Crippen LogP contribution in [0.3, 0.4) is 0 Å². The molecule has 2 aromatic rings. The van der Waals surface area contributed by atoms with Gasteiger partial charge in [0.1, 0.15) is 0 Å². The fraction of sp³-hybridized carbons (Fsp3) is 0.235. The zero-order valence-corrected chi connectivity index (χ0v) is 13.3. The standard InChI is InChI=1S/C17H17NO4S/c19-17(20)16-14-9-5-4-6-12(14)10-11-15(16)18-23(21,22)13-7-2-1-3-8-13/h1-3,7-8,10-11,18H,4-6,9H2,(H,19,20). The van der Waals surface area contributed by atoms with Crippen LogP contribution >= 0.6 is 0 Å². The van der Waals surface area contributed by atoms with Gasteiger partial charge < -0.3 is 5.11 Å². The molecule has 0 atom stereocenters. The molecule has 0 saturated carbocycles. The van der Waals surface area contributed by atoms with Crippen molar-refractivity contribution in [1.82, 2.24) is 0 Å². The van der Waals surface area contributed by atoms with Gasteiger partial charge in [-0.15, -0.1) is 0 Å². The van der Waals surface area contributed by atoms with Crippen LogP contribution in [-0.4, -0.2) is 19.5 Å². The smallest absolute Gasteiger partial charge is 0.338 e. The lowest BCUT2D eigenvalue weighted by atomic mass is 9.87. The van der Waals surface area contributed by atoms with Crippen LogP contribution in [0.15, 0.2) is 47.4 Å². The van der Waals surface area contributed by atoms with E-state index in [0.29, 0.717) is 6.42 Å². The van der Waals surface area contributed by atoms with E-state index in [-0.39, 0.29) is 16.1 Å². The molecule has 2 N–H and O–H groups in total. The molecule has 0 fully saturated rings. The second-order valence-electron chi connectivity index (χ2n) is 5.56. The Morgan fingerprint density at radius 1 is 1.00 bits per heavy atom. The van der Waals surface area contributed by atoms with Crippen LogP contribution in [0.4, 0.5) is 5.69 Å². The molecule has 1 aliphatic rings. The quantitative estimate of drug-likeness (QED) is 0.902. The SMILES string of the molecule is O=C(O)c1c(NS(=O)(=O)c2ccccc2)ccc2c1CCCC2. The Morgan fingerprint density at radius 2 is 1.70 bits per heavy atom. The summed E-state index contributed by atoms with van der Waals surface area (Å²) in [5.74, 6) is -1.10. The number of carboxylic acid groups (broad SMARTS) is 1. The van der Waals surface area contributed by atoms with E-state index in [9.17, 15) is 18.3 Å². The molecule has 3 rings (SSSR count). The lowest BCUT2D eigenvalue weighted by Gasteiger charge is -2.20. The number of nitrogens with one attached hydrogen (secondary N) is 1. The maximum atomic E-state index is 12.4. The molecule has 0 unspecified atom stereocenters. The molecule has 0 spiro atoms. The van der Waals surface area contributed by atoms with Gasteiger partial charge in [-0.3, -0.25) is 4.72 Å². The average Bonchev–Trinajstić information content (AvgIpc) is 2.55. The summed E-state index contributed by atoms with van der Waals surface area (Å²) in [7, 11) is -3.81. The number of carboxylic acids is 1. The van der Waals surface area contributed by atoms with Crippen molar-refractivity contribution in [3.63, 3.8) is 0 Å². The summed E-state index contributed by atoms with van der Waals surface area (Å²) in [6, 6.07) is 11.3. The first-order valence-electron chi connectivity index (χ1n) is 7.45. The van der Waals surface area contributed by atoms with Gasteiger partial charge >= 0.3 is 5.97 Å². The van der Waals surface area contributed by atoms with E-state index >= 15 is 0 Å². The van der Waals surface area contributed by atoms with Crippen molar-refractivity contribution >= 4 is 21.7 Å². The minimum absolute atomic E-state index is 0.0710. The van der Waals surface area contributed by atoms with Crippen molar-refractivity contribution in [2.45, 2.75) is 30.6 Å². The van der Waals surface area contributed by atoms with Gasteiger partial charge in [-0.1, -0.05) is 24.3 Å². The van der Waals surface area contributed by atoms with Gasteiger partial charge in [0.2, 0.25) is 0 Å². The van der Waals surface area contributed by atoms with Gasteiger partial charge in [0.15, 0.2) is 0 Å². The van der Waals surface area contributed by atoms with Gasteiger partial charge in [0.05, 0.1) is 16.1 Å². The molecule has 6 heteroatoms. The topological polar surface area (TPSA) is 83.5 Å². The molecule has 0 radical (unpaired) electrons. The molecule has 120 valence electrons. The zero-order chi connectivity index (χ0) is 16.4. The van der Waals surface area contributed by atoms with E-state index in [1.165, 1.54) is 12.1 Å². The van der Waals surface area contributed by atoms with E-state index < -0.39 is 16.0 Å². The maximum absolute atomic E-state index is 12.4. The second kappa shape index (κ2) is 6.04. The average molecular weight is 331 g/mol. The highest BCUT2D eigenvalue weighted by atomic mass is 32.2. The Kier molecular flexibility index (Phi) is 4.09. The van der Waals surface area contributed by atoms with E-state index in [0.717, 1.165) is 30.4 Å². The number of hydrogen-bond acceptors (Lipinski definition) is 3. The molecule has 0 aromatic heterocycles. The van der Waals surface area contributed by atoms with Crippen molar-refractivity contribution < 1.29 is 18.3 Å². The second-order valence-corrected chi connectivity index (χ2v) is 7.24. The Hall–Kier alpha value is -2.34. The molecular weight excluding hydrogens is 314 g/mol. The fourth-order valence-electron chi connectivity index (χ4n) is 2.96. The first-order valence-corrected chi connectivity index (χ1v) is 8.93. The lowest BCUT2D eigenvalue weighted by Crippen LogP contribution is -2.18. The summed E-state index contributed by atoms with van der Waals surface area (Å²) in [5, 5.41) is 9.55. The van der Waals surface area contributed by atoms with Crippen molar-refractivity contribution in [2.75, 3.05) is 4.72 Å². The summed E-state index contributed by atoms with van der Waals surface area (Å²) in [6.07, 6.45) is 3.45. The summed E-state index contributed by atoms with van der Waals surface area (Å²) < 4.78 is 27.3. The number of benzene rings is 2. The largest absolute Gasteiger partial charge is 0.478 e. The number of hydrogen-bond donors (Lipinski definition) is 2. The number of fused-ring (bicyclic) bond motifs is 1. The van der Waals surface area contributed by atoms with E-state index in [4.69, 9.17) is 0 Å². The highest BCUT2D eigenvalue weighted by molar-refractivity contribution is 7.92. The van der Waals surface area contributed by atoms with Crippen molar-refractivity contribution in [1.29, 1.82) is 0 Å². The third-order valence-electron chi connectivity index (χ3n) is 4.04. The lowest BCUT2D eigenvalue weighted by molar-refractivity contribution is 0.0696. The first-order chi connectivity index (χ1) is 11.0. The molecule has 0 aliphatic heterocycles. The number of aryl methyl sites for hydroxylation is 1. The molecule has 1 aliphatic carbocycles. The fourth-order valence-corrected chi connectivity index (χ4v) is 4.05. The van der Waals surface area contributed by atoms with E-state index in [1.807, 2.05) is 6.07 Å². The van der Waals surface area contributed by atoms with E-state index in [1.54, 1.807) is 24.3 Å². The van der Waals surface area contributed by atoms with Crippen LogP contribution in [0.1, 0.15) is 34.3 Å². The Bertz CT molecular complexity index is 844. The van der Waals surface area contributed by atoms with Crippen molar-refractivity contribution in [2.24, 2.45) is 0 Å². The number of anilines is 1. The number of carbonyl (C=O) groups is 1. The van der Waals surface area contributed by atoms with Crippen LogP contribution in [-0.2, 0) is 22.9 Å². The van der Waals surface area contributed by atoms with Crippen LogP contribution in [0.5, 0.6) is 0 Å². The Labute approximate surface area is 135 Å². The normalized spacial score (nSPS) is 14.1. The first kappa shape index (κ1) is 15.6. The predicted molar refractivity (Wildman–Crippen MR) is 87.3 cm³/mol. The van der Waals surface area contributed by atoms with Crippen LogP contribution in [0.2, 0.25) is 0 Å². The molecule has 0 amide bonds. The minimum atomic E-state index is -3.81. The van der Waals surface area contributed by atoms with Crippen LogP contribution in [0.25, 0.3) is 0 Å². The highest BCUT2D eigenvalue weighted by Crippen LogP contribution is 2.31. The van der Waals surface area contributed by atoms with Gasteiger partial charge in [-0.05, 0) is 55.0 Å². The van der Waals surface area contributed by atoms with Gasteiger partial charge in [0.25, 0.3) is 10.0 Å². The highest BCUT2D eigenvalue weighted by Gasteiger charge is 2.24. The minimum Gasteiger partial charge on any atom is -0.478 e. The predicted octanol–water partition coefficient (Wildman–Crippen LogP) is 3.06.